The van der Waals surface area contributed by atoms with Crippen LogP contribution in [0.1, 0.15) is 0 Å². The van der Waals surface area contributed by atoms with E-state index in [1.54, 1.807) is 0 Å². The van der Waals surface area contributed by atoms with Gasteiger partial charge in [0.25, 0.3) is 0 Å². The molecule has 0 bridgehead atoms. The maximum absolute atomic E-state index is 4.63. The van der Waals surface area contributed by atoms with E-state index in [-0.39, 0.29) is 0 Å². The molecule has 0 N–H and O–H groups in total. The zero-order valence-corrected chi connectivity index (χ0v) is 25.8. The van der Waals surface area contributed by atoms with Gasteiger partial charge in [-0.3, -0.25) is 4.98 Å². The van der Waals surface area contributed by atoms with Crippen molar-refractivity contribution in [2.75, 3.05) is 4.90 Å². The average molecular weight is 605 g/mol. The molecule has 7 aromatic carbocycles. The second kappa shape index (κ2) is 11.0. The third-order valence-electron chi connectivity index (χ3n) is 8.94. The Hall–Kier alpha value is -5.77. The first-order chi connectivity index (χ1) is 22.8. The largest absolute Gasteiger partial charge is 0.311 e. The van der Waals surface area contributed by atoms with Crippen LogP contribution in [0.3, 0.4) is 0 Å². The Kier molecular flexibility index (Phi) is 6.36. The number of aromatic nitrogens is 1. The molecule has 0 radical (unpaired) electrons. The summed E-state index contributed by atoms with van der Waals surface area (Å²) in [6.45, 7) is 0. The minimum Gasteiger partial charge on any atom is -0.311 e. The van der Waals surface area contributed by atoms with Crippen LogP contribution in [0.2, 0.25) is 0 Å². The molecule has 9 aromatic rings. The fourth-order valence-corrected chi connectivity index (χ4v) is 7.95. The fourth-order valence-electron chi connectivity index (χ4n) is 6.74. The monoisotopic (exact) mass is 604 g/mol. The molecule has 2 nitrogen and oxygen atoms in total. The Morgan fingerprint density at radius 1 is 0.413 bits per heavy atom. The van der Waals surface area contributed by atoms with Crippen LogP contribution in [0.25, 0.3) is 64.0 Å². The molecule has 0 saturated heterocycles. The molecule has 0 amide bonds. The van der Waals surface area contributed by atoms with Crippen molar-refractivity contribution in [3.63, 3.8) is 0 Å². The van der Waals surface area contributed by atoms with Crippen LogP contribution in [-0.2, 0) is 0 Å². The third kappa shape index (κ3) is 4.44. The Labute approximate surface area is 271 Å². The van der Waals surface area contributed by atoms with E-state index in [1.165, 1.54) is 64.0 Å². The number of para-hydroxylation sites is 1. The van der Waals surface area contributed by atoms with Gasteiger partial charge in [-0.2, -0.15) is 0 Å². The zero-order valence-electron chi connectivity index (χ0n) is 25.0. The SMILES string of the molecule is c1ccc(N(c2ccc(-c3cc4ccccc4c4ccccc34)cc2)c2ccc(-c3cncc4c3sc3ccccc34)cc2)cc1. The molecule has 0 saturated carbocycles. The predicted molar refractivity (Wildman–Crippen MR) is 198 cm³/mol. The fraction of sp³-hybridized carbons (Fsp3) is 0. The van der Waals surface area contributed by atoms with Crippen molar-refractivity contribution >= 4 is 70.1 Å². The van der Waals surface area contributed by atoms with Gasteiger partial charge in [0.1, 0.15) is 0 Å². The Morgan fingerprint density at radius 3 is 1.72 bits per heavy atom. The van der Waals surface area contributed by atoms with Crippen LogP contribution >= 0.6 is 11.3 Å². The summed E-state index contributed by atoms with van der Waals surface area (Å²) in [5.74, 6) is 0. The van der Waals surface area contributed by atoms with Gasteiger partial charge in [-0.25, -0.2) is 0 Å². The van der Waals surface area contributed by atoms with Gasteiger partial charge in [0.15, 0.2) is 0 Å². The highest BCUT2D eigenvalue weighted by Gasteiger charge is 2.16. The number of rotatable bonds is 5. The van der Waals surface area contributed by atoms with E-state index in [0.29, 0.717) is 0 Å². The Balaban J connectivity index is 1.12. The first-order valence-electron chi connectivity index (χ1n) is 15.5. The smallest absolute Gasteiger partial charge is 0.0464 e. The van der Waals surface area contributed by atoms with Crippen molar-refractivity contribution in [3.05, 3.63) is 170 Å². The van der Waals surface area contributed by atoms with Gasteiger partial charge in [0.05, 0.1) is 0 Å². The summed E-state index contributed by atoms with van der Waals surface area (Å²) in [5, 5.41) is 7.58. The van der Waals surface area contributed by atoms with Gasteiger partial charge in [0, 0.05) is 55.2 Å². The lowest BCUT2D eigenvalue weighted by Crippen LogP contribution is -2.09. The maximum atomic E-state index is 4.63. The number of thiophene rings is 1. The predicted octanol–water partition coefficient (Wildman–Crippen LogP) is 12.6. The van der Waals surface area contributed by atoms with Crippen LogP contribution in [0, 0.1) is 0 Å². The number of hydrogen-bond donors (Lipinski definition) is 0. The molecule has 0 aliphatic heterocycles. The van der Waals surface area contributed by atoms with E-state index in [9.17, 15) is 0 Å². The molecule has 0 atom stereocenters. The molecule has 0 aliphatic rings. The number of hydrogen-bond acceptors (Lipinski definition) is 3. The van der Waals surface area contributed by atoms with Crippen molar-refractivity contribution in [2.45, 2.75) is 0 Å². The molecule has 0 aliphatic carbocycles. The molecule has 3 heteroatoms. The summed E-state index contributed by atoms with van der Waals surface area (Å²) in [6, 6.07) is 56.8. The lowest BCUT2D eigenvalue weighted by atomic mass is 9.93. The van der Waals surface area contributed by atoms with Crippen molar-refractivity contribution in [1.82, 2.24) is 4.98 Å². The second-order valence-corrected chi connectivity index (χ2v) is 12.7. The van der Waals surface area contributed by atoms with Crippen molar-refractivity contribution in [3.8, 4) is 22.3 Å². The normalized spacial score (nSPS) is 11.5. The molecular weight excluding hydrogens is 577 g/mol. The van der Waals surface area contributed by atoms with Gasteiger partial charge in [0.2, 0.25) is 0 Å². The van der Waals surface area contributed by atoms with Crippen molar-refractivity contribution < 1.29 is 0 Å². The van der Waals surface area contributed by atoms with Gasteiger partial charge in [-0.1, -0.05) is 109 Å². The van der Waals surface area contributed by atoms with Crippen molar-refractivity contribution in [2.24, 2.45) is 0 Å². The topological polar surface area (TPSA) is 16.1 Å². The van der Waals surface area contributed by atoms with E-state index in [4.69, 9.17) is 0 Å². The number of anilines is 3. The Bertz CT molecular complexity index is 2510. The molecule has 46 heavy (non-hydrogen) atoms. The minimum absolute atomic E-state index is 1.11. The second-order valence-electron chi connectivity index (χ2n) is 11.6. The third-order valence-corrected chi connectivity index (χ3v) is 10.2. The highest BCUT2D eigenvalue weighted by Crippen LogP contribution is 2.42. The standard InChI is InChI=1S/C43H28N2S/c1-2-11-32(12-3-1)45(34-24-20-30(21-25-34)40-27-44-28-41-38-16-8-9-17-42(38)46-43(40)41)33-22-18-29(19-23-33)39-26-31-10-4-5-13-35(31)36-14-6-7-15-37(36)39/h1-28H. The van der Waals surface area contributed by atoms with Gasteiger partial charge >= 0.3 is 0 Å². The summed E-state index contributed by atoms with van der Waals surface area (Å²) in [5.41, 5.74) is 8.13. The van der Waals surface area contributed by atoms with E-state index >= 15 is 0 Å². The first-order valence-corrected chi connectivity index (χ1v) is 16.4. The van der Waals surface area contributed by atoms with Crippen LogP contribution in [0.4, 0.5) is 17.1 Å². The summed E-state index contributed by atoms with van der Waals surface area (Å²) >= 11 is 1.84. The molecular formula is C43H28N2S. The molecule has 0 unspecified atom stereocenters. The molecule has 2 heterocycles. The number of fused-ring (bicyclic) bond motifs is 6. The maximum Gasteiger partial charge on any atom is 0.0464 e. The summed E-state index contributed by atoms with van der Waals surface area (Å²) in [6.07, 6.45) is 3.99. The number of pyridine rings is 1. The molecule has 2 aromatic heterocycles. The zero-order chi connectivity index (χ0) is 30.5. The van der Waals surface area contributed by atoms with E-state index in [2.05, 4.69) is 168 Å². The van der Waals surface area contributed by atoms with Gasteiger partial charge in [-0.05, 0) is 86.8 Å². The van der Waals surface area contributed by atoms with Crippen LogP contribution < -0.4 is 4.90 Å². The van der Waals surface area contributed by atoms with Crippen LogP contribution in [-0.4, -0.2) is 4.98 Å². The summed E-state index contributed by atoms with van der Waals surface area (Å²) < 4.78 is 2.57. The highest BCUT2D eigenvalue weighted by atomic mass is 32.1. The molecule has 0 fully saturated rings. The number of benzene rings is 7. The van der Waals surface area contributed by atoms with Crippen LogP contribution in [0.15, 0.2) is 170 Å². The van der Waals surface area contributed by atoms with Gasteiger partial charge < -0.3 is 4.90 Å². The van der Waals surface area contributed by atoms with E-state index in [0.717, 1.165) is 17.1 Å². The van der Waals surface area contributed by atoms with E-state index in [1.807, 2.05) is 23.7 Å². The van der Waals surface area contributed by atoms with Crippen LogP contribution in [0.5, 0.6) is 0 Å². The van der Waals surface area contributed by atoms with E-state index < -0.39 is 0 Å². The molecule has 0 spiro atoms. The molecule has 216 valence electrons. The Morgan fingerprint density at radius 2 is 0.978 bits per heavy atom. The lowest BCUT2D eigenvalue weighted by Gasteiger charge is -2.26. The number of nitrogens with zero attached hydrogens (tertiary/aromatic N) is 2. The van der Waals surface area contributed by atoms with Gasteiger partial charge in [-0.15, -0.1) is 11.3 Å². The average Bonchev–Trinajstić information content (AvgIpc) is 3.52. The summed E-state index contributed by atoms with van der Waals surface area (Å²) in [7, 11) is 0. The quantitative estimate of drug-likeness (QED) is 0.182. The highest BCUT2D eigenvalue weighted by molar-refractivity contribution is 7.26. The lowest BCUT2D eigenvalue weighted by molar-refractivity contribution is 1.28. The summed E-state index contributed by atoms with van der Waals surface area (Å²) in [4.78, 5) is 6.95. The van der Waals surface area contributed by atoms with Crippen molar-refractivity contribution in [1.29, 1.82) is 0 Å². The molecule has 9 rings (SSSR count). The first kappa shape index (κ1) is 26.6. The minimum atomic E-state index is 1.11.